The van der Waals surface area contributed by atoms with Gasteiger partial charge in [-0.2, -0.15) is 26.3 Å². The first-order valence-corrected chi connectivity index (χ1v) is 15.1. The fraction of sp³-hybridized carbons (Fsp3) is 0.552. The molecule has 248 valence electrons. The molecule has 2 aromatic rings. The van der Waals surface area contributed by atoms with Gasteiger partial charge in [0.25, 0.3) is 0 Å². The lowest BCUT2D eigenvalue weighted by Gasteiger charge is -2.41. The minimum absolute atomic E-state index is 0.0342. The van der Waals surface area contributed by atoms with Crippen LogP contribution in [0, 0.1) is 5.82 Å². The number of halogens is 8. The number of aromatic nitrogens is 1. The summed E-state index contributed by atoms with van der Waals surface area (Å²) in [7, 11) is -2.00. The van der Waals surface area contributed by atoms with Crippen molar-refractivity contribution in [1.82, 2.24) is 14.8 Å². The summed E-state index contributed by atoms with van der Waals surface area (Å²) < 4.78 is 120. The van der Waals surface area contributed by atoms with E-state index in [4.69, 9.17) is 0 Å². The highest BCUT2D eigenvalue weighted by Gasteiger charge is 2.74. The SMILES string of the molecule is CC(C)(O)CN1CCCC1=O.O=CN1CCC2(S(=O)c3ccc(F)cc3)c3ccc(C(F)(C(F)(F)F)C(F)(F)F)nc3CCC12. The molecule has 1 aromatic carbocycles. The van der Waals surface area contributed by atoms with E-state index < -0.39 is 56.7 Å². The van der Waals surface area contributed by atoms with E-state index in [1.807, 2.05) is 0 Å². The van der Waals surface area contributed by atoms with Crippen molar-refractivity contribution in [2.24, 2.45) is 0 Å². The number of hydrogen-bond donors (Lipinski definition) is 1. The third kappa shape index (κ3) is 6.44. The van der Waals surface area contributed by atoms with E-state index in [0.717, 1.165) is 31.2 Å². The highest BCUT2D eigenvalue weighted by Crippen LogP contribution is 2.55. The Morgan fingerprint density at radius 3 is 2.13 bits per heavy atom. The van der Waals surface area contributed by atoms with E-state index in [-0.39, 0.29) is 47.9 Å². The second kappa shape index (κ2) is 12.2. The van der Waals surface area contributed by atoms with Crippen molar-refractivity contribution in [2.45, 2.75) is 85.3 Å². The monoisotopic (exact) mass is 669 g/mol. The predicted molar refractivity (Wildman–Crippen MR) is 145 cm³/mol. The quantitative estimate of drug-likeness (QED) is 0.343. The molecule has 2 amide bonds. The van der Waals surface area contributed by atoms with Crippen LogP contribution in [0.25, 0.3) is 0 Å². The zero-order valence-corrected chi connectivity index (χ0v) is 25.0. The number of amides is 2. The van der Waals surface area contributed by atoms with Crippen LogP contribution in [-0.4, -0.2) is 80.0 Å². The summed E-state index contributed by atoms with van der Waals surface area (Å²) in [5.41, 5.74) is -8.49. The van der Waals surface area contributed by atoms with Crippen LogP contribution in [-0.2, 0) is 37.2 Å². The summed E-state index contributed by atoms with van der Waals surface area (Å²) in [4.78, 5) is 29.3. The lowest BCUT2D eigenvalue weighted by molar-refractivity contribution is -0.350. The number of benzene rings is 1. The first-order valence-electron chi connectivity index (χ1n) is 14.0. The van der Waals surface area contributed by atoms with Gasteiger partial charge in [0.05, 0.1) is 32.9 Å². The summed E-state index contributed by atoms with van der Waals surface area (Å²) in [5, 5.41) is 9.40. The van der Waals surface area contributed by atoms with Gasteiger partial charge in [-0.1, -0.05) is 6.07 Å². The van der Waals surface area contributed by atoms with Gasteiger partial charge in [-0.3, -0.25) is 18.8 Å². The molecule has 1 aromatic heterocycles. The van der Waals surface area contributed by atoms with Crippen LogP contribution in [0.5, 0.6) is 0 Å². The molecular formula is C29H31F8N3O4S. The Balaban J connectivity index is 0.000000354. The van der Waals surface area contributed by atoms with Crippen LogP contribution >= 0.6 is 0 Å². The third-order valence-corrected chi connectivity index (χ3v) is 10.2. The topological polar surface area (TPSA) is 90.8 Å². The van der Waals surface area contributed by atoms with Crippen molar-refractivity contribution in [3.05, 3.63) is 59.2 Å². The van der Waals surface area contributed by atoms with E-state index in [0.29, 0.717) is 25.4 Å². The number of alkyl halides is 7. The number of aryl methyl sites for hydroxylation is 1. The van der Waals surface area contributed by atoms with E-state index in [9.17, 15) is 54.0 Å². The van der Waals surface area contributed by atoms with Crippen LogP contribution in [0.3, 0.4) is 0 Å². The molecular weight excluding hydrogens is 638 g/mol. The molecule has 16 heteroatoms. The fourth-order valence-electron chi connectivity index (χ4n) is 6.14. The van der Waals surface area contributed by atoms with Crippen LogP contribution in [0.1, 0.15) is 56.5 Å². The van der Waals surface area contributed by atoms with Crippen molar-refractivity contribution in [3.8, 4) is 0 Å². The molecule has 7 nitrogen and oxygen atoms in total. The maximum absolute atomic E-state index is 14.6. The normalized spacial score (nSPS) is 22.8. The molecule has 2 aliphatic heterocycles. The number of β-amino-alcohol motifs (C(OH)–C–C–N with tert-alkyl or cyclic N) is 1. The number of fused-ring (bicyclic) bond motifs is 3. The van der Waals surface area contributed by atoms with Gasteiger partial charge in [-0.05, 0) is 75.4 Å². The lowest BCUT2D eigenvalue weighted by Crippen LogP contribution is -2.52. The summed E-state index contributed by atoms with van der Waals surface area (Å²) >= 11 is 0. The zero-order chi connectivity index (χ0) is 33.6. The Hall–Kier alpha value is -3.14. The Morgan fingerprint density at radius 2 is 1.62 bits per heavy atom. The van der Waals surface area contributed by atoms with Crippen LogP contribution in [0.4, 0.5) is 35.1 Å². The molecule has 3 aliphatic rings. The molecule has 2 fully saturated rings. The largest absolute Gasteiger partial charge is 0.437 e. The van der Waals surface area contributed by atoms with Crippen molar-refractivity contribution in [2.75, 3.05) is 19.6 Å². The minimum atomic E-state index is -6.32. The Kier molecular flexibility index (Phi) is 9.44. The highest BCUT2D eigenvalue weighted by molar-refractivity contribution is 7.86. The van der Waals surface area contributed by atoms with Gasteiger partial charge in [-0.25, -0.2) is 8.78 Å². The lowest BCUT2D eigenvalue weighted by atomic mass is 9.80. The van der Waals surface area contributed by atoms with Crippen molar-refractivity contribution < 1.29 is 54.0 Å². The molecule has 2 saturated heterocycles. The number of nitrogens with zero attached hydrogens (tertiary/aromatic N) is 3. The number of carbonyl (C=O) groups excluding carboxylic acids is 2. The molecule has 1 N–H and O–H groups in total. The van der Waals surface area contributed by atoms with E-state index >= 15 is 0 Å². The number of pyridine rings is 1. The summed E-state index contributed by atoms with van der Waals surface area (Å²) in [5.74, 6) is -0.434. The molecule has 1 aliphatic carbocycles. The Bertz CT molecular complexity index is 1430. The number of likely N-dealkylation sites (tertiary alicyclic amines) is 2. The first-order chi connectivity index (χ1) is 20.8. The van der Waals surface area contributed by atoms with Gasteiger partial charge in [0.2, 0.25) is 12.3 Å². The van der Waals surface area contributed by atoms with E-state index in [2.05, 4.69) is 4.98 Å². The standard InChI is InChI=1S/C21H16F8N2O2S.C8H15NO2/c22-12-1-3-13(4-2-12)34(33)18-9-10-31(11-32)17(18)8-6-15-14(18)5-7-16(30-15)19(23,20(24,25)26)21(27,28)29;1-8(2,11)6-9-5-3-4-7(9)10/h1-5,7,11,17H,6,8-10H2;11H,3-6H2,1-2H3. The summed E-state index contributed by atoms with van der Waals surface area (Å²) in [6, 6.07) is 5.09. The molecule has 3 unspecified atom stereocenters. The fourth-order valence-corrected chi connectivity index (χ4v) is 8.11. The third-order valence-electron chi connectivity index (χ3n) is 8.14. The van der Waals surface area contributed by atoms with Crippen LogP contribution < -0.4 is 0 Å². The van der Waals surface area contributed by atoms with Gasteiger partial charge in [0.1, 0.15) is 5.82 Å². The van der Waals surface area contributed by atoms with Crippen molar-refractivity contribution in [3.63, 3.8) is 0 Å². The molecule has 0 radical (unpaired) electrons. The van der Waals surface area contributed by atoms with Crippen molar-refractivity contribution in [1.29, 1.82) is 0 Å². The smallest absolute Gasteiger partial charge is 0.389 e. The highest BCUT2D eigenvalue weighted by atomic mass is 32.2. The maximum Gasteiger partial charge on any atom is 0.437 e. The second-order valence-corrected chi connectivity index (χ2v) is 13.6. The van der Waals surface area contributed by atoms with Gasteiger partial charge in [0.15, 0.2) is 0 Å². The number of hydrogen-bond acceptors (Lipinski definition) is 5. The van der Waals surface area contributed by atoms with Gasteiger partial charge >= 0.3 is 18.0 Å². The van der Waals surface area contributed by atoms with E-state index in [1.54, 1.807) is 18.7 Å². The average Bonchev–Trinajstić information content (AvgIpc) is 3.53. The second-order valence-electron chi connectivity index (χ2n) is 11.8. The van der Waals surface area contributed by atoms with Crippen molar-refractivity contribution >= 4 is 23.1 Å². The summed E-state index contributed by atoms with van der Waals surface area (Å²) in [6.07, 6.45) is -10.6. The molecule has 0 spiro atoms. The molecule has 3 atom stereocenters. The van der Waals surface area contributed by atoms with Gasteiger partial charge in [-0.15, -0.1) is 0 Å². The Labute approximate surface area is 256 Å². The van der Waals surface area contributed by atoms with Crippen LogP contribution in [0.2, 0.25) is 0 Å². The van der Waals surface area contributed by atoms with Crippen LogP contribution in [0.15, 0.2) is 41.3 Å². The molecule has 5 rings (SSSR count). The number of rotatable bonds is 6. The van der Waals surface area contributed by atoms with Gasteiger partial charge < -0.3 is 14.9 Å². The molecule has 45 heavy (non-hydrogen) atoms. The predicted octanol–water partition coefficient (Wildman–Crippen LogP) is 5.07. The van der Waals surface area contributed by atoms with E-state index in [1.165, 1.54) is 17.0 Å². The minimum Gasteiger partial charge on any atom is -0.389 e. The Morgan fingerprint density at radius 1 is 1.00 bits per heavy atom. The zero-order valence-electron chi connectivity index (χ0n) is 24.2. The van der Waals surface area contributed by atoms with Gasteiger partial charge in [0, 0.05) is 36.6 Å². The maximum atomic E-state index is 14.6. The molecule has 0 bridgehead atoms. The summed E-state index contributed by atoms with van der Waals surface area (Å²) in [6.45, 7) is 4.84. The molecule has 3 heterocycles. The molecule has 0 saturated carbocycles. The first kappa shape index (κ1) is 34.7. The average molecular weight is 670 g/mol. The number of carbonyl (C=O) groups is 2. The number of aliphatic hydroxyl groups is 1.